The third-order valence-electron chi connectivity index (χ3n) is 3.71. The van der Waals surface area contributed by atoms with E-state index in [1.807, 2.05) is 42.5 Å². The SMILES string of the molecule is CC(=O)Oc1ccc(C2C(c3ccccc3)C2(Cl)Cl)cc1. The van der Waals surface area contributed by atoms with Crippen LogP contribution in [0.3, 0.4) is 0 Å². The van der Waals surface area contributed by atoms with Crippen LogP contribution in [0.4, 0.5) is 0 Å². The van der Waals surface area contributed by atoms with Crippen molar-refractivity contribution in [3.63, 3.8) is 0 Å². The van der Waals surface area contributed by atoms with Crippen molar-refractivity contribution >= 4 is 29.2 Å². The van der Waals surface area contributed by atoms with Gasteiger partial charge in [0.2, 0.25) is 0 Å². The number of benzene rings is 2. The number of esters is 1. The molecule has 2 unspecified atom stereocenters. The summed E-state index contributed by atoms with van der Waals surface area (Å²) in [7, 11) is 0. The second kappa shape index (κ2) is 5.36. The molecule has 1 saturated carbocycles. The molecule has 0 radical (unpaired) electrons. The van der Waals surface area contributed by atoms with Gasteiger partial charge in [-0.2, -0.15) is 0 Å². The molecule has 4 heteroatoms. The number of hydrogen-bond donors (Lipinski definition) is 0. The second-order valence-corrected chi connectivity index (χ2v) is 6.65. The van der Waals surface area contributed by atoms with E-state index in [-0.39, 0.29) is 17.8 Å². The zero-order valence-electron chi connectivity index (χ0n) is 11.4. The molecule has 0 heterocycles. The molecule has 2 atom stereocenters. The fraction of sp³-hybridized carbons (Fsp3) is 0.235. The lowest BCUT2D eigenvalue weighted by Gasteiger charge is -2.04. The standard InChI is InChI=1S/C17H14Cl2O2/c1-11(20)21-14-9-7-13(8-10-14)16-15(17(16,18)19)12-5-3-2-4-6-12/h2-10,15-16H,1H3. The molecule has 0 saturated heterocycles. The third-order valence-corrected chi connectivity index (χ3v) is 4.65. The first-order valence-electron chi connectivity index (χ1n) is 6.71. The van der Waals surface area contributed by atoms with Gasteiger partial charge < -0.3 is 4.74 Å². The van der Waals surface area contributed by atoms with Gasteiger partial charge in [0.15, 0.2) is 0 Å². The van der Waals surface area contributed by atoms with Crippen molar-refractivity contribution < 1.29 is 9.53 Å². The van der Waals surface area contributed by atoms with Crippen molar-refractivity contribution in [3.05, 3.63) is 65.7 Å². The molecule has 1 aliphatic rings. The molecule has 108 valence electrons. The Bertz CT molecular complexity index is 650. The highest BCUT2D eigenvalue weighted by Crippen LogP contribution is 2.70. The quantitative estimate of drug-likeness (QED) is 0.467. The highest BCUT2D eigenvalue weighted by atomic mass is 35.5. The van der Waals surface area contributed by atoms with Crippen molar-refractivity contribution in [1.29, 1.82) is 0 Å². The predicted molar refractivity (Wildman–Crippen MR) is 84.1 cm³/mol. The van der Waals surface area contributed by atoms with Gasteiger partial charge in [0, 0.05) is 18.8 Å². The Kier molecular flexibility index (Phi) is 3.68. The third kappa shape index (κ3) is 2.78. The summed E-state index contributed by atoms with van der Waals surface area (Å²) in [5.74, 6) is 0.328. The Balaban J connectivity index is 1.83. The van der Waals surface area contributed by atoms with Crippen LogP contribution in [0.25, 0.3) is 0 Å². The Hall–Kier alpha value is -1.51. The maximum absolute atomic E-state index is 10.9. The van der Waals surface area contributed by atoms with Crippen LogP contribution in [-0.4, -0.2) is 10.3 Å². The fourth-order valence-electron chi connectivity index (χ4n) is 2.73. The predicted octanol–water partition coefficient (Wildman–Crippen LogP) is 4.67. The highest BCUT2D eigenvalue weighted by molar-refractivity contribution is 6.52. The van der Waals surface area contributed by atoms with Crippen molar-refractivity contribution in [2.24, 2.45) is 0 Å². The molecule has 2 nitrogen and oxygen atoms in total. The molecule has 0 N–H and O–H groups in total. The van der Waals surface area contributed by atoms with Gasteiger partial charge >= 0.3 is 5.97 Å². The van der Waals surface area contributed by atoms with E-state index in [0.29, 0.717) is 5.75 Å². The average molecular weight is 321 g/mol. The van der Waals surface area contributed by atoms with Crippen LogP contribution in [0, 0.1) is 0 Å². The van der Waals surface area contributed by atoms with E-state index in [4.69, 9.17) is 27.9 Å². The van der Waals surface area contributed by atoms with E-state index in [2.05, 4.69) is 0 Å². The van der Waals surface area contributed by atoms with Gasteiger partial charge in [0.1, 0.15) is 10.1 Å². The van der Waals surface area contributed by atoms with Gasteiger partial charge in [-0.25, -0.2) is 0 Å². The van der Waals surface area contributed by atoms with Crippen molar-refractivity contribution in [1.82, 2.24) is 0 Å². The normalized spacial score (nSPS) is 22.6. The highest BCUT2D eigenvalue weighted by Gasteiger charge is 2.64. The van der Waals surface area contributed by atoms with Gasteiger partial charge in [-0.15, -0.1) is 23.2 Å². The van der Waals surface area contributed by atoms with Gasteiger partial charge in [-0.1, -0.05) is 42.5 Å². The Morgan fingerprint density at radius 2 is 1.48 bits per heavy atom. The van der Waals surface area contributed by atoms with Crippen molar-refractivity contribution in [3.8, 4) is 5.75 Å². The van der Waals surface area contributed by atoms with Crippen LogP contribution >= 0.6 is 23.2 Å². The Morgan fingerprint density at radius 3 is 2.00 bits per heavy atom. The molecular weight excluding hydrogens is 307 g/mol. The van der Waals surface area contributed by atoms with E-state index in [9.17, 15) is 4.79 Å². The minimum Gasteiger partial charge on any atom is -0.427 e. The van der Waals surface area contributed by atoms with Crippen LogP contribution in [-0.2, 0) is 4.79 Å². The summed E-state index contributed by atoms with van der Waals surface area (Å²) in [5, 5.41) is 0. The molecule has 2 aromatic rings. The summed E-state index contributed by atoms with van der Waals surface area (Å²) in [6.45, 7) is 1.38. The maximum atomic E-state index is 10.9. The average Bonchev–Trinajstić information content (AvgIpc) is 3.03. The van der Waals surface area contributed by atoms with Crippen LogP contribution in [0.5, 0.6) is 5.75 Å². The molecule has 3 rings (SSSR count). The molecule has 0 aromatic heterocycles. The maximum Gasteiger partial charge on any atom is 0.308 e. The summed E-state index contributed by atoms with van der Waals surface area (Å²) < 4.78 is 4.24. The summed E-state index contributed by atoms with van der Waals surface area (Å²) in [5.41, 5.74) is 2.18. The topological polar surface area (TPSA) is 26.3 Å². The number of alkyl halides is 2. The lowest BCUT2D eigenvalue weighted by atomic mass is 10.0. The van der Waals surface area contributed by atoms with Crippen molar-refractivity contribution in [2.75, 3.05) is 0 Å². The van der Waals surface area contributed by atoms with E-state index < -0.39 is 4.33 Å². The summed E-state index contributed by atoms with van der Waals surface area (Å²) in [4.78, 5) is 10.9. The van der Waals surface area contributed by atoms with Crippen molar-refractivity contribution in [2.45, 2.75) is 23.1 Å². The molecule has 21 heavy (non-hydrogen) atoms. The van der Waals surface area contributed by atoms with Gasteiger partial charge in [-0.3, -0.25) is 4.79 Å². The summed E-state index contributed by atoms with van der Waals surface area (Å²) in [6, 6.07) is 17.4. The summed E-state index contributed by atoms with van der Waals surface area (Å²) >= 11 is 12.9. The largest absolute Gasteiger partial charge is 0.427 e. The smallest absolute Gasteiger partial charge is 0.308 e. The number of rotatable bonds is 3. The summed E-state index contributed by atoms with van der Waals surface area (Å²) in [6.07, 6.45) is 0. The molecular formula is C17H14Cl2O2. The minimum absolute atomic E-state index is 0.0506. The molecule has 0 bridgehead atoms. The first-order valence-corrected chi connectivity index (χ1v) is 7.47. The number of ether oxygens (including phenoxy) is 1. The van der Waals surface area contributed by atoms with Crippen LogP contribution in [0.2, 0.25) is 0 Å². The Labute approximate surface area is 133 Å². The van der Waals surface area contributed by atoms with E-state index >= 15 is 0 Å². The molecule has 0 amide bonds. The number of hydrogen-bond acceptors (Lipinski definition) is 2. The number of carbonyl (C=O) groups excluding carboxylic acids is 1. The zero-order chi connectivity index (χ0) is 15.0. The van der Waals surface area contributed by atoms with E-state index in [1.54, 1.807) is 12.1 Å². The molecule has 1 aliphatic carbocycles. The molecule has 2 aromatic carbocycles. The minimum atomic E-state index is -0.787. The van der Waals surface area contributed by atoms with Gasteiger partial charge in [-0.05, 0) is 23.3 Å². The number of carbonyl (C=O) groups is 1. The first kappa shape index (κ1) is 14.4. The van der Waals surface area contributed by atoms with E-state index in [1.165, 1.54) is 6.92 Å². The van der Waals surface area contributed by atoms with Crippen LogP contribution in [0.15, 0.2) is 54.6 Å². The lowest BCUT2D eigenvalue weighted by Crippen LogP contribution is -2.01. The van der Waals surface area contributed by atoms with Gasteiger partial charge in [0.25, 0.3) is 0 Å². The Morgan fingerprint density at radius 1 is 0.952 bits per heavy atom. The monoisotopic (exact) mass is 320 g/mol. The zero-order valence-corrected chi connectivity index (χ0v) is 12.9. The molecule has 0 aliphatic heterocycles. The molecule has 0 spiro atoms. The second-order valence-electron chi connectivity index (χ2n) is 5.20. The first-order chi connectivity index (χ1) is 10.00. The van der Waals surface area contributed by atoms with Crippen LogP contribution < -0.4 is 4.74 Å². The molecule has 1 fully saturated rings. The van der Waals surface area contributed by atoms with Gasteiger partial charge in [0.05, 0.1) is 0 Å². The van der Waals surface area contributed by atoms with E-state index in [0.717, 1.165) is 11.1 Å². The fourth-order valence-corrected chi connectivity index (χ4v) is 3.61. The van der Waals surface area contributed by atoms with Crippen LogP contribution in [0.1, 0.15) is 29.9 Å². The number of halogens is 2. The lowest BCUT2D eigenvalue weighted by molar-refractivity contribution is -0.131.